The van der Waals surface area contributed by atoms with Gasteiger partial charge in [0.25, 0.3) is 10.0 Å². The van der Waals surface area contributed by atoms with Crippen molar-refractivity contribution in [1.29, 1.82) is 0 Å². The fourth-order valence-electron chi connectivity index (χ4n) is 1.96. The summed E-state index contributed by atoms with van der Waals surface area (Å²) in [6, 6.07) is 9.08. The van der Waals surface area contributed by atoms with Crippen LogP contribution in [0.5, 0.6) is 0 Å². The summed E-state index contributed by atoms with van der Waals surface area (Å²) in [5.74, 6) is 0.329. The second kappa shape index (κ2) is 5.76. The van der Waals surface area contributed by atoms with Crippen LogP contribution in [-0.4, -0.2) is 15.5 Å². The smallest absolute Gasteiger partial charge is 0.265 e. The van der Waals surface area contributed by atoms with Crippen molar-refractivity contribution in [3.05, 3.63) is 45.6 Å². The Morgan fingerprint density at radius 3 is 2.50 bits per heavy atom. The van der Waals surface area contributed by atoms with Gasteiger partial charge in [-0.15, -0.1) is 22.9 Å². The van der Waals surface area contributed by atoms with E-state index in [2.05, 4.69) is 0 Å². The summed E-state index contributed by atoms with van der Waals surface area (Å²) in [6.07, 6.45) is 0. The maximum Gasteiger partial charge on any atom is 0.265 e. The summed E-state index contributed by atoms with van der Waals surface area (Å²) >= 11 is 7.20. The number of sulfonamides is 1. The second-order valence-electron chi connectivity index (χ2n) is 4.58. The molecule has 1 aromatic carbocycles. The van der Waals surface area contributed by atoms with E-state index in [9.17, 15) is 8.42 Å². The average Bonchev–Trinajstić information content (AvgIpc) is 2.80. The van der Waals surface area contributed by atoms with Crippen LogP contribution in [0.2, 0.25) is 0 Å². The molecule has 0 bridgehead atoms. The molecule has 0 saturated carbocycles. The van der Waals surface area contributed by atoms with Crippen LogP contribution in [0, 0.1) is 13.8 Å². The highest BCUT2D eigenvalue weighted by molar-refractivity contribution is 7.93. The predicted octanol–water partition coefficient (Wildman–Crippen LogP) is 3.93. The SMILES string of the molecule is Cc1cccc(N(C)S(=O)(=O)c2cc(CCl)sc2C)c1. The standard InChI is InChI=1S/C14H16ClNO2S2/c1-10-5-4-6-12(7-10)16(3)20(17,18)14-8-13(9-15)19-11(14)2/h4-8H,9H2,1-3H3. The van der Waals surface area contributed by atoms with Crippen LogP contribution in [0.25, 0.3) is 0 Å². The second-order valence-corrected chi connectivity index (χ2v) is 8.12. The Bertz CT molecular complexity index is 723. The number of benzene rings is 1. The number of aryl methyl sites for hydroxylation is 2. The monoisotopic (exact) mass is 329 g/mol. The summed E-state index contributed by atoms with van der Waals surface area (Å²) in [5, 5.41) is 0. The van der Waals surface area contributed by atoms with Gasteiger partial charge in [-0.2, -0.15) is 0 Å². The van der Waals surface area contributed by atoms with Gasteiger partial charge in [0, 0.05) is 16.8 Å². The van der Waals surface area contributed by atoms with Gasteiger partial charge in [-0.05, 0) is 37.6 Å². The first-order valence-electron chi connectivity index (χ1n) is 6.07. The highest BCUT2D eigenvalue weighted by Crippen LogP contribution is 2.30. The van der Waals surface area contributed by atoms with Gasteiger partial charge in [0.05, 0.1) is 11.6 Å². The molecule has 2 aromatic rings. The Kier molecular flexibility index (Phi) is 4.42. The van der Waals surface area contributed by atoms with Crippen molar-refractivity contribution >= 4 is 38.6 Å². The molecule has 0 aliphatic heterocycles. The van der Waals surface area contributed by atoms with Crippen molar-refractivity contribution in [3.63, 3.8) is 0 Å². The summed E-state index contributed by atoms with van der Waals surface area (Å²) in [4.78, 5) is 1.96. The van der Waals surface area contributed by atoms with Gasteiger partial charge < -0.3 is 0 Å². The van der Waals surface area contributed by atoms with Crippen molar-refractivity contribution < 1.29 is 8.42 Å². The van der Waals surface area contributed by atoms with E-state index in [0.29, 0.717) is 16.5 Å². The van der Waals surface area contributed by atoms with Crippen LogP contribution in [0.1, 0.15) is 15.3 Å². The van der Waals surface area contributed by atoms with Crippen LogP contribution in [0.15, 0.2) is 35.2 Å². The fraction of sp³-hybridized carbons (Fsp3) is 0.286. The maximum absolute atomic E-state index is 12.7. The lowest BCUT2D eigenvalue weighted by Crippen LogP contribution is -2.26. The normalized spacial score (nSPS) is 11.6. The number of anilines is 1. The van der Waals surface area contributed by atoms with E-state index >= 15 is 0 Å². The van der Waals surface area contributed by atoms with Crippen molar-refractivity contribution in [2.24, 2.45) is 0 Å². The molecule has 0 aliphatic rings. The number of thiophene rings is 1. The van der Waals surface area contributed by atoms with Crippen LogP contribution in [0.3, 0.4) is 0 Å². The van der Waals surface area contributed by atoms with Gasteiger partial charge >= 0.3 is 0 Å². The molecule has 0 radical (unpaired) electrons. The van der Waals surface area contributed by atoms with Gasteiger partial charge in [-0.1, -0.05) is 12.1 Å². The van der Waals surface area contributed by atoms with Gasteiger partial charge in [0.2, 0.25) is 0 Å². The lowest BCUT2D eigenvalue weighted by Gasteiger charge is -2.19. The number of halogens is 1. The highest BCUT2D eigenvalue weighted by Gasteiger charge is 2.25. The molecule has 1 heterocycles. The zero-order chi connectivity index (χ0) is 14.9. The molecular weight excluding hydrogens is 314 g/mol. The zero-order valence-electron chi connectivity index (χ0n) is 11.6. The van der Waals surface area contributed by atoms with E-state index in [4.69, 9.17) is 11.6 Å². The van der Waals surface area contributed by atoms with Crippen molar-refractivity contribution in [2.45, 2.75) is 24.6 Å². The first-order chi connectivity index (χ1) is 9.36. The minimum absolute atomic E-state index is 0.329. The number of rotatable bonds is 4. The molecule has 3 nitrogen and oxygen atoms in total. The first kappa shape index (κ1) is 15.4. The van der Waals surface area contributed by atoms with E-state index in [1.165, 1.54) is 15.6 Å². The molecule has 0 fully saturated rings. The Balaban J connectivity index is 2.46. The highest BCUT2D eigenvalue weighted by atomic mass is 35.5. The number of alkyl halides is 1. The van der Waals surface area contributed by atoms with Crippen LogP contribution in [-0.2, 0) is 15.9 Å². The minimum Gasteiger partial charge on any atom is -0.269 e. The number of nitrogens with zero attached hydrogens (tertiary/aromatic N) is 1. The first-order valence-corrected chi connectivity index (χ1v) is 8.86. The third-order valence-corrected chi connectivity index (χ3v) is 6.60. The topological polar surface area (TPSA) is 37.4 Å². The lowest BCUT2D eigenvalue weighted by atomic mass is 10.2. The molecule has 0 amide bonds. The van der Waals surface area contributed by atoms with Gasteiger partial charge in [-0.25, -0.2) is 8.42 Å². The predicted molar refractivity (Wildman–Crippen MR) is 85.4 cm³/mol. The molecular formula is C14H16ClNO2S2. The van der Waals surface area contributed by atoms with E-state index in [-0.39, 0.29) is 0 Å². The molecule has 0 aliphatic carbocycles. The average molecular weight is 330 g/mol. The van der Waals surface area contributed by atoms with Crippen molar-refractivity contribution in [1.82, 2.24) is 0 Å². The molecule has 0 saturated heterocycles. The maximum atomic E-state index is 12.7. The fourth-order valence-corrected chi connectivity index (χ4v) is 4.84. The summed E-state index contributed by atoms with van der Waals surface area (Å²) in [6.45, 7) is 3.74. The zero-order valence-corrected chi connectivity index (χ0v) is 13.9. The summed E-state index contributed by atoms with van der Waals surface area (Å²) in [5.41, 5.74) is 1.68. The van der Waals surface area contributed by atoms with E-state index < -0.39 is 10.0 Å². The molecule has 0 spiro atoms. The molecule has 2 rings (SSSR count). The molecule has 0 unspecified atom stereocenters. The quantitative estimate of drug-likeness (QED) is 0.797. The van der Waals surface area contributed by atoms with Crippen molar-refractivity contribution in [2.75, 3.05) is 11.4 Å². The lowest BCUT2D eigenvalue weighted by molar-refractivity contribution is 0.594. The molecule has 0 atom stereocenters. The van der Waals surface area contributed by atoms with E-state index in [1.807, 2.05) is 25.1 Å². The summed E-state index contributed by atoms with van der Waals surface area (Å²) in [7, 11) is -1.97. The van der Waals surface area contributed by atoms with Crippen LogP contribution in [0.4, 0.5) is 5.69 Å². The Morgan fingerprint density at radius 1 is 1.25 bits per heavy atom. The van der Waals surface area contributed by atoms with Gasteiger partial charge in [-0.3, -0.25) is 4.31 Å². The van der Waals surface area contributed by atoms with Gasteiger partial charge in [0.15, 0.2) is 0 Å². The van der Waals surface area contributed by atoms with Gasteiger partial charge in [0.1, 0.15) is 4.90 Å². The largest absolute Gasteiger partial charge is 0.269 e. The molecule has 0 N–H and O–H groups in total. The third kappa shape index (κ3) is 2.85. The summed E-state index contributed by atoms with van der Waals surface area (Å²) < 4.78 is 26.7. The molecule has 6 heteroatoms. The Morgan fingerprint density at radius 2 is 1.95 bits per heavy atom. The third-order valence-electron chi connectivity index (χ3n) is 3.06. The number of hydrogen-bond donors (Lipinski definition) is 0. The Labute approximate surface area is 128 Å². The Hall–Kier alpha value is -1.04. The molecule has 20 heavy (non-hydrogen) atoms. The molecule has 1 aromatic heterocycles. The van der Waals surface area contributed by atoms with Crippen LogP contribution < -0.4 is 4.31 Å². The van der Waals surface area contributed by atoms with Crippen LogP contribution >= 0.6 is 22.9 Å². The van der Waals surface area contributed by atoms with E-state index in [0.717, 1.165) is 15.3 Å². The molecule has 108 valence electrons. The number of hydrogen-bond acceptors (Lipinski definition) is 3. The minimum atomic E-state index is -3.54. The van der Waals surface area contributed by atoms with E-state index in [1.54, 1.807) is 26.1 Å². The van der Waals surface area contributed by atoms with Crippen molar-refractivity contribution in [3.8, 4) is 0 Å².